The summed E-state index contributed by atoms with van der Waals surface area (Å²) in [5.74, 6) is 0.752. The molecule has 7 heteroatoms. The molecule has 2 fully saturated rings. The maximum Gasteiger partial charge on any atom is 0.222 e. The van der Waals surface area contributed by atoms with Crippen molar-refractivity contribution in [3.63, 3.8) is 0 Å². The lowest BCUT2D eigenvalue weighted by molar-refractivity contribution is -0.134. The molecule has 3 heterocycles. The minimum absolute atomic E-state index is 0.287. The number of likely N-dealkylation sites (tertiary alicyclic amines) is 2. The van der Waals surface area contributed by atoms with E-state index in [4.69, 9.17) is 5.73 Å². The summed E-state index contributed by atoms with van der Waals surface area (Å²) in [4.78, 5) is 27.3. The number of carbonyl (C=O) groups is 2. The molecule has 2 N–H and O–H groups in total. The van der Waals surface area contributed by atoms with Crippen LogP contribution in [0.1, 0.15) is 43.7 Å². The molecule has 0 radical (unpaired) electrons. The maximum atomic E-state index is 12.6. The smallest absolute Gasteiger partial charge is 0.222 e. The predicted molar refractivity (Wildman–Crippen MR) is 94.8 cm³/mol. The van der Waals surface area contributed by atoms with E-state index >= 15 is 0 Å². The maximum absolute atomic E-state index is 12.6. The van der Waals surface area contributed by atoms with Gasteiger partial charge in [0.05, 0.1) is 18.8 Å². The minimum Gasteiger partial charge on any atom is -0.343 e. The summed E-state index contributed by atoms with van der Waals surface area (Å²) < 4.78 is 2.01. The van der Waals surface area contributed by atoms with Gasteiger partial charge in [0.25, 0.3) is 0 Å². The Bertz CT molecular complexity index is 572. The van der Waals surface area contributed by atoms with Crippen LogP contribution in [-0.2, 0) is 16.1 Å². The zero-order valence-electron chi connectivity index (χ0n) is 14.8. The van der Waals surface area contributed by atoms with Gasteiger partial charge in [0.15, 0.2) is 0 Å². The van der Waals surface area contributed by atoms with Gasteiger partial charge in [0.1, 0.15) is 6.29 Å². The lowest BCUT2D eigenvalue weighted by Crippen LogP contribution is -2.41. The second-order valence-electron chi connectivity index (χ2n) is 7.26. The van der Waals surface area contributed by atoms with Crippen LogP contribution in [-0.4, -0.2) is 64.5 Å². The zero-order valence-corrected chi connectivity index (χ0v) is 14.8. The Kier molecular flexibility index (Phi) is 6.20. The molecule has 25 heavy (non-hydrogen) atoms. The second kappa shape index (κ2) is 8.58. The third-order valence-corrected chi connectivity index (χ3v) is 5.59. The highest BCUT2D eigenvalue weighted by Gasteiger charge is 2.27. The summed E-state index contributed by atoms with van der Waals surface area (Å²) in [5.41, 5.74) is 6.70. The van der Waals surface area contributed by atoms with Crippen molar-refractivity contribution in [2.24, 2.45) is 11.7 Å². The molecule has 2 aliphatic rings. The van der Waals surface area contributed by atoms with Gasteiger partial charge in [-0.1, -0.05) is 0 Å². The van der Waals surface area contributed by atoms with Crippen molar-refractivity contribution in [2.45, 2.75) is 44.7 Å². The van der Waals surface area contributed by atoms with E-state index in [0.29, 0.717) is 31.5 Å². The van der Waals surface area contributed by atoms with Crippen molar-refractivity contribution in [3.8, 4) is 0 Å². The normalized spacial score (nSPS) is 20.8. The highest BCUT2D eigenvalue weighted by atomic mass is 16.2. The van der Waals surface area contributed by atoms with Gasteiger partial charge in [-0.3, -0.25) is 14.4 Å². The summed E-state index contributed by atoms with van der Waals surface area (Å²) in [6.45, 7) is 4.52. The first kappa shape index (κ1) is 18.1. The number of rotatable bonds is 6. The van der Waals surface area contributed by atoms with Crippen molar-refractivity contribution in [3.05, 3.63) is 18.0 Å². The summed E-state index contributed by atoms with van der Waals surface area (Å²) in [6.07, 6.45) is 9.41. The SMILES string of the molecule is NCc1cnn(C2CCN(C(=O)CC3CCN(CC=O)CC3)CC2)c1. The highest BCUT2D eigenvalue weighted by molar-refractivity contribution is 5.76. The predicted octanol–water partition coefficient (Wildman–Crippen LogP) is 0.806. The summed E-state index contributed by atoms with van der Waals surface area (Å²) in [6, 6.07) is 0.371. The topological polar surface area (TPSA) is 84.5 Å². The van der Waals surface area contributed by atoms with Crippen LogP contribution in [0.5, 0.6) is 0 Å². The molecule has 1 aromatic heterocycles. The number of carbonyl (C=O) groups excluding carboxylic acids is 2. The number of hydrogen-bond donors (Lipinski definition) is 1. The fourth-order valence-corrected chi connectivity index (χ4v) is 3.92. The highest BCUT2D eigenvalue weighted by Crippen LogP contribution is 2.25. The monoisotopic (exact) mass is 347 g/mol. The van der Waals surface area contributed by atoms with Gasteiger partial charge in [-0.25, -0.2) is 0 Å². The van der Waals surface area contributed by atoms with Gasteiger partial charge in [0, 0.05) is 37.8 Å². The van der Waals surface area contributed by atoms with Gasteiger partial charge in [0.2, 0.25) is 5.91 Å². The van der Waals surface area contributed by atoms with Crippen LogP contribution in [0.4, 0.5) is 0 Å². The van der Waals surface area contributed by atoms with Crippen LogP contribution in [0.3, 0.4) is 0 Å². The number of nitrogens with zero attached hydrogens (tertiary/aromatic N) is 4. The molecule has 0 saturated carbocycles. The minimum atomic E-state index is 0.287. The van der Waals surface area contributed by atoms with E-state index in [9.17, 15) is 9.59 Å². The van der Waals surface area contributed by atoms with Gasteiger partial charge in [-0.05, 0) is 44.7 Å². The molecule has 0 unspecified atom stereocenters. The van der Waals surface area contributed by atoms with Crippen LogP contribution in [0.25, 0.3) is 0 Å². The van der Waals surface area contributed by atoms with Gasteiger partial charge < -0.3 is 15.4 Å². The molecule has 2 aliphatic heterocycles. The lowest BCUT2D eigenvalue weighted by Gasteiger charge is -2.35. The van der Waals surface area contributed by atoms with Crippen LogP contribution in [0.15, 0.2) is 12.4 Å². The Balaban J connectivity index is 1.42. The molecule has 0 aromatic carbocycles. The Morgan fingerprint density at radius 3 is 2.52 bits per heavy atom. The second-order valence-corrected chi connectivity index (χ2v) is 7.26. The van der Waals surface area contributed by atoms with E-state index in [1.807, 2.05) is 22.0 Å². The first-order valence-electron chi connectivity index (χ1n) is 9.36. The number of nitrogens with two attached hydrogens (primary N) is 1. The average molecular weight is 347 g/mol. The molecule has 1 aromatic rings. The summed E-state index contributed by atoms with van der Waals surface area (Å²) >= 11 is 0. The number of aldehydes is 1. The molecular weight excluding hydrogens is 318 g/mol. The molecule has 138 valence electrons. The zero-order chi connectivity index (χ0) is 17.6. The number of hydrogen-bond acceptors (Lipinski definition) is 5. The molecular formula is C18H29N5O2. The average Bonchev–Trinajstić information content (AvgIpc) is 3.13. The molecule has 1 amide bonds. The van der Waals surface area contributed by atoms with Gasteiger partial charge in [-0.2, -0.15) is 5.10 Å². The third-order valence-electron chi connectivity index (χ3n) is 5.59. The summed E-state index contributed by atoms with van der Waals surface area (Å²) in [7, 11) is 0. The van der Waals surface area contributed by atoms with Crippen LogP contribution in [0, 0.1) is 5.92 Å². The molecule has 3 rings (SSSR count). The molecule has 7 nitrogen and oxygen atoms in total. The van der Waals surface area contributed by atoms with Crippen molar-refractivity contribution < 1.29 is 9.59 Å². The van der Waals surface area contributed by atoms with Crippen LogP contribution < -0.4 is 5.73 Å². The van der Waals surface area contributed by atoms with E-state index in [0.717, 1.165) is 63.7 Å². The van der Waals surface area contributed by atoms with Gasteiger partial charge in [-0.15, -0.1) is 0 Å². The van der Waals surface area contributed by atoms with Crippen LogP contribution in [0.2, 0.25) is 0 Å². The molecule has 2 saturated heterocycles. The van der Waals surface area contributed by atoms with Gasteiger partial charge >= 0.3 is 0 Å². The Morgan fingerprint density at radius 2 is 1.92 bits per heavy atom. The Morgan fingerprint density at radius 1 is 1.20 bits per heavy atom. The standard InChI is InChI=1S/C18H29N5O2/c19-12-16-13-20-23(14-16)17-3-7-22(8-4-17)18(25)11-15-1-5-21(6-2-15)9-10-24/h10,13-15,17H,1-9,11-12,19H2. The fraction of sp³-hybridized carbons (Fsp3) is 0.722. The lowest BCUT2D eigenvalue weighted by atomic mass is 9.92. The van der Waals surface area contributed by atoms with E-state index in [1.54, 1.807) is 0 Å². The van der Waals surface area contributed by atoms with Crippen molar-refractivity contribution >= 4 is 12.2 Å². The van der Waals surface area contributed by atoms with Crippen molar-refractivity contribution in [1.82, 2.24) is 19.6 Å². The largest absolute Gasteiger partial charge is 0.343 e. The first-order chi connectivity index (χ1) is 12.2. The molecule has 0 bridgehead atoms. The van der Waals surface area contributed by atoms with Crippen LogP contribution >= 0.6 is 0 Å². The number of aromatic nitrogens is 2. The molecule has 0 spiro atoms. The Hall–Kier alpha value is -1.73. The molecule has 0 atom stereocenters. The first-order valence-corrected chi connectivity index (χ1v) is 9.36. The third kappa shape index (κ3) is 4.67. The fourth-order valence-electron chi connectivity index (χ4n) is 3.92. The number of piperidine rings is 2. The number of amides is 1. The van der Waals surface area contributed by atoms with E-state index in [-0.39, 0.29) is 5.91 Å². The Labute approximate surface area is 149 Å². The quantitative estimate of drug-likeness (QED) is 0.770. The van der Waals surface area contributed by atoms with E-state index < -0.39 is 0 Å². The van der Waals surface area contributed by atoms with E-state index in [1.165, 1.54) is 0 Å². The van der Waals surface area contributed by atoms with E-state index in [2.05, 4.69) is 10.00 Å². The van der Waals surface area contributed by atoms with Crippen molar-refractivity contribution in [2.75, 3.05) is 32.7 Å². The molecule has 0 aliphatic carbocycles. The van der Waals surface area contributed by atoms with Crippen molar-refractivity contribution in [1.29, 1.82) is 0 Å². The summed E-state index contributed by atoms with van der Waals surface area (Å²) in [5, 5.41) is 4.40.